The van der Waals surface area contributed by atoms with E-state index >= 15 is 0 Å². The predicted octanol–water partition coefficient (Wildman–Crippen LogP) is 2.04. The van der Waals surface area contributed by atoms with E-state index in [2.05, 4.69) is 46.6 Å². The van der Waals surface area contributed by atoms with Crippen molar-refractivity contribution in [2.45, 2.75) is 19.4 Å². The van der Waals surface area contributed by atoms with E-state index in [0.717, 1.165) is 19.6 Å². The fourth-order valence-electron chi connectivity index (χ4n) is 2.60. The highest BCUT2D eigenvalue weighted by atomic mass is 32.1. The van der Waals surface area contributed by atoms with Crippen LogP contribution in [-0.4, -0.2) is 56.1 Å². The van der Waals surface area contributed by atoms with Gasteiger partial charge in [0.05, 0.1) is 0 Å². The summed E-state index contributed by atoms with van der Waals surface area (Å²) in [6.07, 6.45) is 1.19. The molecule has 0 spiro atoms. The van der Waals surface area contributed by atoms with Gasteiger partial charge >= 0.3 is 0 Å². The van der Waals surface area contributed by atoms with Crippen molar-refractivity contribution >= 4 is 11.3 Å². The average Bonchev–Trinajstić information content (AvgIpc) is 2.92. The average molecular weight is 267 g/mol. The van der Waals surface area contributed by atoms with Crippen molar-refractivity contribution < 1.29 is 0 Å². The normalized spacial score (nSPS) is 19.3. The van der Waals surface area contributed by atoms with Crippen LogP contribution in [0.1, 0.15) is 24.3 Å². The minimum Gasteiger partial charge on any atom is -0.314 e. The standard InChI is InChI=1S/C14H25N3S/c1-3-13(14-5-4-12-18-14)16(2)10-11-17-8-6-15-7-9-17/h4-5,12-13,15H,3,6-11H2,1-2H3. The van der Waals surface area contributed by atoms with Gasteiger partial charge in [-0.05, 0) is 24.9 Å². The summed E-state index contributed by atoms with van der Waals surface area (Å²) in [5.41, 5.74) is 0. The molecule has 4 heteroatoms. The molecule has 0 radical (unpaired) electrons. The molecule has 18 heavy (non-hydrogen) atoms. The fourth-order valence-corrected chi connectivity index (χ4v) is 3.58. The molecular weight excluding hydrogens is 242 g/mol. The molecule has 102 valence electrons. The zero-order valence-electron chi connectivity index (χ0n) is 11.6. The van der Waals surface area contributed by atoms with E-state index in [0.29, 0.717) is 6.04 Å². The van der Waals surface area contributed by atoms with Crippen LogP contribution < -0.4 is 5.32 Å². The summed E-state index contributed by atoms with van der Waals surface area (Å²) >= 11 is 1.88. The SMILES string of the molecule is CCC(c1cccs1)N(C)CCN1CCNCC1. The van der Waals surface area contributed by atoms with E-state index < -0.39 is 0 Å². The molecule has 0 aliphatic carbocycles. The molecular formula is C14H25N3S. The molecule has 1 unspecified atom stereocenters. The zero-order valence-corrected chi connectivity index (χ0v) is 12.4. The summed E-state index contributed by atoms with van der Waals surface area (Å²) in [6, 6.07) is 5.01. The molecule has 1 aromatic heterocycles. The van der Waals surface area contributed by atoms with Crippen LogP contribution in [0.25, 0.3) is 0 Å². The van der Waals surface area contributed by atoms with Crippen molar-refractivity contribution in [3.05, 3.63) is 22.4 Å². The van der Waals surface area contributed by atoms with Gasteiger partial charge in [-0.1, -0.05) is 13.0 Å². The van der Waals surface area contributed by atoms with Crippen LogP contribution in [0.2, 0.25) is 0 Å². The number of rotatable bonds is 6. The Kier molecular flexibility index (Phi) is 5.63. The summed E-state index contributed by atoms with van der Waals surface area (Å²) in [4.78, 5) is 6.57. The van der Waals surface area contributed by atoms with Gasteiger partial charge in [-0.25, -0.2) is 0 Å². The number of piperazine rings is 1. The molecule has 0 saturated carbocycles. The number of hydrogen-bond donors (Lipinski definition) is 1. The lowest BCUT2D eigenvalue weighted by Gasteiger charge is -2.31. The van der Waals surface area contributed by atoms with E-state index in [1.807, 2.05) is 11.3 Å². The Bertz CT molecular complexity index is 320. The van der Waals surface area contributed by atoms with E-state index in [1.54, 1.807) is 0 Å². The van der Waals surface area contributed by atoms with Crippen molar-refractivity contribution in [2.75, 3.05) is 46.3 Å². The van der Waals surface area contributed by atoms with Gasteiger partial charge in [0.25, 0.3) is 0 Å². The lowest BCUT2D eigenvalue weighted by molar-refractivity contribution is 0.176. The maximum atomic E-state index is 3.41. The number of thiophene rings is 1. The highest BCUT2D eigenvalue weighted by molar-refractivity contribution is 7.10. The van der Waals surface area contributed by atoms with Crippen molar-refractivity contribution in [3.8, 4) is 0 Å². The van der Waals surface area contributed by atoms with Crippen molar-refractivity contribution in [3.63, 3.8) is 0 Å². The van der Waals surface area contributed by atoms with Crippen LogP contribution in [-0.2, 0) is 0 Å². The van der Waals surface area contributed by atoms with E-state index in [1.165, 1.54) is 30.9 Å². The maximum Gasteiger partial charge on any atom is 0.0436 e. The Hall–Kier alpha value is -0.420. The predicted molar refractivity (Wildman–Crippen MR) is 79.3 cm³/mol. The maximum absolute atomic E-state index is 3.41. The molecule has 1 aliphatic rings. The summed E-state index contributed by atoms with van der Waals surface area (Å²) < 4.78 is 0. The first-order chi connectivity index (χ1) is 8.81. The first kappa shape index (κ1) is 14.0. The van der Waals surface area contributed by atoms with Gasteiger partial charge in [0.2, 0.25) is 0 Å². The monoisotopic (exact) mass is 267 g/mol. The fraction of sp³-hybridized carbons (Fsp3) is 0.714. The Morgan fingerprint density at radius 1 is 1.44 bits per heavy atom. The molecule has 1 aliphatic heterocycles. The van der Waals surface area contributed by atoms with Gasteiger partial charge in [0, 0.05) is 50.2 Å². The summed E-state index contributed by atoms with van der Waals surface area (Å²) in [5.74, 6) is 0. The Balaban J connectivity index is 1.80. The van der Waals surface area contributed by atoms with Crippen molar-refractivity contribution in [2.24, 2.45) is 0 Å². The second-order valence-electron chi connectivity index (χ2n) is 5.01. The Morgan fingerprint density at radius 2 is 2.22 bits per heavy atom. The zero-order chi connectivity index (χ0) is 12.8. The first-order valence-corrected chi connectivity index (χ1v) is 7.86. The van der Waals surface area contributed by atoms with Crippen LogP contribution in [0.5, 0.6) is 0 Å². The van der Waals surface area contributed by atoms with Crippen LogP contribution in [0, 0.1) is 0 Å². The van der Waals surface area contributed by atoms with E-state index in [-0.39, 0.29) is 0 Å². The smallest absolute Gasteiger partial charge is 0.0436 e. The number of nitrogens with one attached hydrogen (secondary N) is 1. The molecule has 0 aromatic carbocycles. The van der Waals surface area contributed by atoms with Crippen molar-refractivity contribution in [1.29, 1.82) is 0 Å². The van der Waals surface area contributed by atoms with Crippen LogP contribution in [0.4, 0.5) is 0 Å². The molecule has 3 nitrogen and oxygen atoms in total. The Labute approximate surface area is 115 Å². The van der Waals surface area contributed by atoms with E-state index in [9.17, 15) is 0 Å². The quantitative estimate of drug-likeness (QED) is 0.851. The molecule has 2 rings (SSSR count). The third-order valence-corrected chi connectivity index (χ3v) is 4.74. The minimum atomic E-state index is 0.591. The van der Waals surface area contributed by atoms with Gasteiger partial charge in [-0.2, -0.15) is 0 Å². The molecule has 0 bridgehead atoms. The molecule has 1 aromatic rings. The third-order valence-electron chi connectivity index (χ3n) is 3.77. The third kappa shape index (κ3) is 3.79. The summed E-state index contributed by atoms with van der Waals surface area (Å²) in [7, 11) is 2.26. The van der Waals surface area contributed by atoms with Crippen LogP contribution in [0.15, 0.2) is 17.5 Å². The molecule has 1 atom stereocenters. The molecule has 1 N–H and O–H groups in total. The summed E-state index contributed by atoms with van der Waals surface area (Å²) in [6.45, 7) is 9.33. The number of likely N-dealkylation sites (N-methyl/N-ethyl adjacent to an activating group) is 1. The summed E-state index contributed by atoms with van der Waals surface area (Å²) in [5, 5.41) is 5.59. The topological polar surface area (TPSA) is 18.5 Å². The highest BCUT2D eigenvalue weighted by Gasteiger charge is 2.17. The Morgan fingerprint density at radius 3 is 2.83 bits per heavy atom. The lowest BCUT2D eigenvalue weighted by Crippen LogP contribution is -2.46. The minimum absolute atomic E-state index is 0.591. The second-order valence-corrected chi connectivity index (χ2v) is 5.99. The molecule has 1 fully saturated rings. The van der Waals surface area contributed by atoms with Gasteiger partial charge in [-0.15, -0.1) is 11.3 Å². The lowest BCUT2D eigenvalue weighted by atomic mass is 10.1. The van der Waals surface area contributed by atoms with Crippen LogP contribution in [0.3, 0.4) is 0 Å². The molecule has 0 amide bonds. The largest absolute Gasteiger partial charge is 0.314 e. The molecule has 1 saturated heterocycles. The van der Waals surface area contributed by atoms with Gasteiger partial charge in [-0.3, -0.25) is 9.80 Å². The van der Waals surface area contributed by atoms with Gasteiger partial charge in [0.15, 0.2) is 0 Å². The van der Waals surface area contributed by atoms with Gasteiger partial charge in [0.1, 0.15) is 0 Å². The highest BCUT2D eigenvalue weighted by Crippen LogP contribution is 2.26. The van der Waals surface area contributed by atoms with E-state index in [4.69, 9.17) is 0 Å². The van der Waals surface area contributed by atoms with Gasteiger partial charge < -0.3 is 5.32 Å². The second kappa shape index (κ2) is 7.24. The molecule has 2 heterocycles. The number of nitrogens with zero attached hydrogens (tertiary/aromatic N) is 2. The first-order valence-electron chi connectivity index (χ1n) is 6.98. The van der Waals surface area contributed by atoms with Crippen LogP contribution >= 0.6 is 11.3 Å². The van der Waals surface area contributed by atoms with Crippen molar-refractivity contribution in [1.82, 2.24) is 15.1 Å². The number of hydrogen-bond acceptors (Lipinski definition) is 4.